The average molecular weight is 276 g/mol. The third kappa shape index (κ3) is 3.29. The van der Waals surface area contributed by atoms with Crippen molar-refractivity contribution in [1.82, 2.24) is 5.32 Å². The van der Waals surface area contributed by atoms with Gasteiger partial charge in [0.15, 0.2) is 0 Å². The van der Waals surface area contributed by atoms with E-state index in [1.165, 1.54) is 0 Å². The highest BCUT2D eigenvalue weighted by molar-refractivity contribution is 5.88. The Kier molecular flexibility index (Phi) is 4.61. The van der Waals surface area contributed by atoms with E-state index in [-0.39, 0.29) is 5.91 Å². The molecule has 0 unspecified atom stereocenters. The van der Waals surface area contributed by atoms with Gasteiger partial charge in [0.05, 0.1) is 5.56 Å². The summed E-state index contributed by atoms with van der Waals surface area (Å²) in [6, 6.07) is 5.30. The smallest absolute Gasteiger partial charge is 0.335 e. The van der Waals surface area contributed by atoms with Gasteiger partial charge in [0, 0.05) is 32.2 Å². The number of aromatic carboxylic acids is 1. The first-order chi connectivity index (χ1) is 9.61. The van der Waals surface area contributed by atoms with E-state index in [9.17, 15) is 9.59 Å². The molecule has 0 atom stereocenters. The number of rotatable bonds is 5. The molecule has 1 aromatic rings. The van der Waals surface area contributed by atoms with Gasteiger partial charge in [-0.05, 0) is 43.0 Å². The van der Waals surface area contributed by atoms with E-state index in [4.69, 9.17) is 5.11 Å². The number of hydrogen-bond acceptors (Lipinski definition) is 3. The third-order valence-corrected chi connectivity index (χ3v) is 3.65. The highest BCUT2D eigenvalue weighted by Crippen LogP contribution is 2.28. The number of benzene rings is 1. The lowest BCUT2D eigenvalue weighted by atomic mass is 9.99. The molecule has 1 aliphatic heterocycles. The summed E-state index contributed by atoms with van der Waals surface area (Å²) in [5, 5.41) is 11.6. The van der Waals surface area contributed by atoms with E-state index in [0.29, 0.717) is 12.0 Å². The first-order valence-corrected chi connectivity index (χ1v) is 6.93. The predicted octanol–water partition coefficient (Wildman–Crippen LogP) is 1.66. The second kappa shape index (κ2) is 6.41. The second-order valence-electron chi connectivity index (χ2n) is 5.02. The number of fused-ring (bicyclic) bond motifs is 1. The van der Waals surface area contributed by atoms with Gasteiger partial charge in [0.2, 0.25) is 5.91 Å². The summed E-state index contributed by atoms with van der Waals surface area (Å²) >= 11 is 0. The van der Waals surface area contributed by atoms with Crippen LogP contribution in [0.5, 0.6) is 0 Å². The lowest BCUT2D eigenvalue weighted by Crippen LogP contribution is -2.31. The highest BCUT2D eigenvalue weighted by Gasteiger charge is 2.18. The summed E-state index contributed by atoms with van der Waals surface area (Å²) in [5.74, 6) is -0.826. The molecule has 5 nitrogen and oxygen atoms in total. The van der Waals surface area contributed by atoms with Gasteiger partial charge in [-0.25, -0.2) is 4.79 Å². The van der Waals surface area contributed by atoms with Crippen LogP contribution < -0.4 is 10.2 Å². The van der Waals surface area contributed by atoms with Crippen molar-refractivity contribution >= 4 is 17.6 Å². The first-order valence-electron chi connectivity index (χ1n) is 6.93. The standard InChI is InChI=1S/C15H20N2O3/c1-16-14(18)5-3-9-17-8-2-4-11-10-12(15(19)20)6-7-13(11)17/h6-7,10H,2-5,8-9H2,1H3,(H,16,18)(H,19,20). The SMILES string of the molecule is CNC(=O)CCCN1CCCc2cc(C(=O)O)ccc21. The lowest BCUT2D eigenvalue weighted by Gasteiger charge is -2.31. The summed E-state index contributed by atoms with van der Waals surface area (Å²) < 4.78 is 0. The lowest BCUT2D eigenvalue weighted by molar-refractivity contribution is -0.120. The summed E-state index contributed by atoms with van der Waals surface area (Å²) in [4.78, 5) is 24.5. The summed E-state index contributed by atoms with van der Waals surface area (Å²) in [7, 11) is 1.64. The van der Waals surface area contributed by atoms with Gasteiger partial charge in [-0.2, -0.15) is 0 Å². The average Bonchev–Trinajstić information content (AvgIpc) is 2.46. The molecule has 0 aliphatic carbocycles. The molecule has 108 valence electrons. The molecule has 0 aromatic heterocycles. The molecule has 0 fully saturated rings. The Bertz CT molecular complexity index is 514. The molecule has 5 heteroatoms. The fraction of sp³-hybridized carbons (Fsp3) is 0.467. The minimum atomic E-state index is -0.885. The quantitative estimate of drug-likeness (QED) is 0.858. The van der Waals surface area contributed by atoms with Crippen LogP contribution in [0, 0.1) is 0 Å². The normalized spacial score (nSPS) is 13.8. The van der Waals surface area contributed by atoms with Crippen molar-refractivity contribution in [3.05, 3.63) is 29.3 Å². The van der Waals surface area contributed by atoms with Crippen LogP contribution in [0.1, 0.15) is 35.2 Å². The number of nitrogens with one attached hydrogen (secondary N) is 1. The maximum Gasteiger partial charge on any atom is 0.335 e. The number of anilines is 1. The van der Waals surface area contributed by atoms with Crippen LogP contribution >= 0.6 is 0 Å². The van der Waals surface area contributed by atoms with E-state index in [2.05, 4.69) is 10.2 Å². The zero-order valence-corrected chi connectivity index (χ0v) is 11.7. The molecule has 1 heterocycles. The summed E-state index contributed by atoms with van der Waals surface area (Å²) in [6.07, 6.45) is 3.27. The Morgan fingerprint density at radius 2 is 2.20 bits per heavy atom. The molecular formula is C15H20N2O3. The van der Waals surface area contributed by atoms with Gasteiger partial charge in [0.25, 0.3) is 0 Å². The zero-order chi connectivity index (χ0) is 14.5. The first kappa shape index (κ1) is 14.4. The van der Waals surface area contributed by atoms with Crippen molar-refractivity contribution in [2.24, 2.45) is 0 Å². The van der Waals surface area contributed by atoms with Gasteiger partial charge in [-0.15, -0.1) is 0 Å². The number of carboxylic acid groups (broad SMARTS) is 1. The maximum atomic E-state index is 11.2. The van der Waals surface area contributed by atoms with Gasteiger partial charge in [-0.1, -0.05) is 0 Å². The Balaban J connectivity index is 2.04. The Morgan fingerprint density at radius 1 is 1.40 bits per heavy atom. The zero-order valence-electron chi connectivity index (χ0n) is 11.7. The maximum absolute atomic E-state index is 11.2. The summed E-state index contributed by atoms with van der Waals surface area (Å²) in [6.45, 7) is 1.79. The fourth-order valence-electron chi connectivity index (χ4n) is 2.60. The molecule has 0 saturated heterocycles. The molecule has 0 saturated carbocycles. The second-order valence-corrected chi connectivity index (χ2v) is 5.02. The molecule has 0 radical (unpaired) electrons. The number of nitrogens with zero attached hydrogens (tertiary/aromatic N) is 1. The van der Waals surface area contributed by atoms with E-state index in [1.54, 1.807) is 19.2 Å². The molecular weight excluding hydrogens is 256 g/mol. The topological polar surface area (TPSA) is 69.6 Å². The number of hydrogen-bond donors (Lipinski definition) is 2. The Hall–Kier alpha value is -2.04. The van der Waals surface area contributed by atoms with Crippen LogP contribution in [-0.2, 0) is 11.2 Å². The largest absolute Gasteiger partial charge is 0.478 e. The molecule has 1 aliphatic rings. The van der Waals surface area contributed by atoms with Crippen LogP contribution in [0.2, 0.25) is 0 Å². The number of carboxylic acids is 1. The number of carbonyl (C=O) groups is 2. The molecule has 2 N–H and O–H groups in total. The van der Waals surface area contributed by atoms with Crippen molar-refractivity contribution in [3.8, 4) is 0 Å². The highest BCUT2D eigenvalue weighted by atomic mass is 16.4. The number of aryl methyl sites for hydroxylation is 1. The number of amides is 1. The van der Waals surface area contributed by atoms with Crippen LogP contribution in [-0.4, -0.2) is 37.1 Å². The van der Waals surface area contributed by atoms with E-state index >= 15 is 0 Å². The van der Waals surface area contributed by atoms with E-state index in [1.807, 2.05) is 6.07 Å². The molecule has 1 amide bonds. The minimum Gasteiger partial charge on any atom is -0.478 e. The molecule has 0 spiro atoms. The van der Waals surface area contributed by atoms with E-state index in [0.717, 1.165) is 43.6 Å². The van der Waals surface area contributed by atoms with Gasteiger partial charge < -0.3 is 15.3 Å². The van der Waals surface area contributed by atoms with Crippen molar-refractivity contribution in [3.63, 3.8) is 0 Å². The molecule has 20 heavy (non-hydrogen) atoms. The van der Waals surface area contributed by atoms with Crippen LogP contribution in [0.3, 0.4) is 0 Å². The van der Waals surface area contributed by atoms with Crippen molar-refractivity contribution in [2.75, 3.05) is 25.0 Å². The van der Waals surface area contributed by atoms with E-state index < -0.39 is 5.97 Å². The minimum absolute atomic E-state index is 0.0588. The van der Waals surface area contributed by atoms with Crippen molar-refractivity contribution < 1.29 is 14.7 Å². The van der Waals surface area contributed by atoms with Crippen molar-refractivity contribution in [1.29, 1.82) is 0 Å². The van der Waals surface area contributed by atoms with Gasteiger partial charge >= 0.3 is 5.97 Å². The Labute approximate surface area is 118 Å². The van der Waals surface area contributed by atoms with Crippen LogP contribution in [0.4, 0.5) is 5.69 Å². The third-order valence-electron chi connectivity index (χ3n) is 3.65. The van der Waals surface area contributed by atoms with Crippen LogP contribution in [0.15, 0.2) is 18.2 Å². The molecule has 1 aromatic carbocycles. The number of carbonyl (C=O) groups excluding carboxylic acids is 1. The van der Waals surface area contributed by atoms with Gasteiger partial charge in [0.1, 0.15) is 0 Å². The monoisotopic (exact) mass is 276 g/mol. The van der Waals surface area contributed by atoms with Crippen molar-refractivity contribution in [2.45, 2.75) is 25.7 Å². The summed E-state index contributed by atoms with van der Waals surface area (Å²) in [5.41, 5.74) is 2.55. The predicted molar refractivity (Wildman–Crippen MR) is 77.2 cm³/mol. The van der Waals surface area contributed by atoms with Crippen LogP contribution in [0.25, 0.3) is 0 Å². The Morgan fingerprint density at radius 3 is 2.90 bits per heavy atom. The fourth-order valence-corrected chi connectivity index (χ4v) is 2.60. The molecule has 2 rings (SSSR count). The van der Waals surface area contributed by atoms with Gasteiger partial charge in [-0.3, -0.25) is 4.79 Å². The molecule has 0 bridgehead atoms.